The first kappa shape index (κ1) is 23.1. The molecule has 1 N–H and O–H groups in total. The fourth-order valence-corrected chi connectivity index (χ4v) is 4.64. The third-order valence-electron chi connectivity index (χ3n) is 6.42. The van der Waals surface area contributed by atoms with Gasteiger partial charge < -0.3 is 10.2 Å². The highest BCUT2D eigenvalue weighted by Gasteiger charge is 2.29. The monoisotopic (exact) mass is 460 g/mol. The number of benzene rings is 3. The first-order valence-corrected chi connectivity index (χ1v) is 11.9. The van der Waals surface area contributed by atoms with E-state index in [1.807, 2.05) is 78.6 Å². The number of carbonyl (C=O) groups is 2. The van der Waals surface area contributed by atoms with Gasteiger partial charge in [-0.3, -0.25) is 9.59 Å². The predicted octanol–water partition coefficient (Wildman–Crippen LogP) is 5.92. The zero-order valence-electron chi connectivity index (χ0n) is 18.8. The van der Waals surface area contributed by atoms with Gasteiger partial charge >= 0.3 is 0 Å². The van der Waals surface area contributed by atoms with E-state index >= 15 is 0 Å². The molecule has 33 heavy (non-hydrogen) atoms. The van der Waals surface area contributed by atoms with Crippen molar-refractivity contribution in [2.45, 2.75) is 38.1 Å². The molecule has 0 spiro atoms. The van der Waals surface area contributed by atoms with Crippen molar-refractivity contribution < 1.29 is 9.59 Å². The third-order valence-corrected chi connectivity index (χ3v) is 6.67. The van der Waals surface area contributed by atoms with Gasteiger partial charge in [0.15, 0.2) is 0 Å². The van der Waals surface area contributed by atoms with Gasteiger partial charge in [0, 0.05) is 23.7 Å². The van der Waals surface area contributed by atoms with Gasteiger partial charge in [0.2, 0.25) is 5.91 Å². The van der Waals surface area contributed by atoms with Crippen LogP contribution in [0, 0.1) is 0 Å². The van der Waals surface area contributed by atoms with Gasteiger partial charge in [-0.15, -0.1) is 0 Å². The predicted molar refractivity (Wildman–Crippen MR) is 133 cm³/mol. The van der Waals surface area contributed by atoms with Crippen molar-refractivity contribution in [2.24, 2.45) is 0 Å². The number of nitrogens with zero attached hydrogens (tertiary/aromatic N) is 1. The summed E-state index contributed by atoms with van der Waals surface area (Å²) in [6.45, 7) is 3.32. The van der Waals surface area contributed by atoms with Crippen molar-refractivity contribution in [3.05, 3.63) is 95.0 Å². The van der Waals surface area contributed by atoms with Crippen LogP contribution in [0.2, 0.25) is 5.02 Å². The summed E-state index contributed by atoms with van der Waals surface area (Å²) in [6, 6.07) is 24.8. The maximum absolute atomic E-state index is 13.2. The first-order chi connectivity index (χ1) is 16.1. The second-order valence-corrected chi connectivity index (χ2v) is 8.93. The van der Waals surface area contributed by atoms with E-state index in [0.29, 0.717) is 31.0 Å². The summed E-state index contributed by atoms with van der Waals surface area (Å²) in [5, 5.41) is 3.73. The van der Waals surface area contributed by atoms with Gasteiger partial charge in [-0.25, -0.2) is 0 Å². The number of carbonyl (C=O) groups excluding carboxylic acids is 2. The molecule has 1 saturated heterocycles. The second-order valence-electron chi connectivity index (χ2n) is 8.50. The maximum atomic E-state index is 13.2. The van der Waals surface area contributed by atoms with Gasteiger partial charge in [-0.05, 0) is 60.1 Å². The minimum absolute atomic E-state index is 0.00222. The Morgan fingerprint density at radius 3 is 2.24 bits per heavy atom. The Hall–Kier alpha value is -3.11. The Morgan fingerprint density at radius 1 is 0.939 bits per heavy atom. The van der Waals surface area contributed by atoms with Gasteiger partial charge in [0.05, 0.1) is 0 Å². The topological polar surface area (TPSA) is 49.4 Å². The molecule has 0 unspecified atom stereocenters. The first-order valence-electron chi connectivity index (χ1n) is 11.6. The largest absolute Gasteiger partial charge is 0.341 e. The van der Waals surface area contributed by atoms with E-state index in [4.69, 9.17) is 11.6 Å². The fraction of sp³-hybridized carbons (Fsp3) is 0.286. The number of nitrogens with one attached hydrogen (secondary N) is 1. The molecule has 1 atom stereocenters. The van der Waals surface area contributed by atoms with E-state index < -0.39 is 6.04 Å². The SMILES string of the molecule is CC[C@@H](NC(=O)c1ccccc1-c1ccccc1)C(=O)N1CCC(c2ccc(Cl)cc2)CC1. The van der Waals surface area contributed by atoms with E-state index in [9.17, 15) is 9.59 Å². The normalized spacial score (nSPS) is 15.2. The van der Waals surface area contributed by atoms with Crippen molar-refractivity contribution in [3.63, 3.8) is 0 Å². The molecule has 1 fully saturated rings. The fourth-order valence-electron chi connectivity index (χ4n) is 4.51. The zero-order valence-corrected chi connectivity index (χ0v) is 19.6. The van der Waals surface area contributed by atoms with Crippen LogP contribution in [-0.2, 0) is 4.79 Å². The summed E-state index contributed by atoms with van der Waals surface area (Å²) in [5.41, 5.74) is 3.69. The maximum Gasteiger partial charge on any atom is 0.252 e. The van der Waals surface area contributed by atoms with E-state index in [-0.39, 0.29) is 11.8 Å². The summed E-state index contributed by atoms with van der Waals surface area (Å²) in [6.07, 6.45) is 2.37. The van der Waals surface area contributed by atoms with Crippen molar-refractivity contribution in [3.8, 4) is 11.1 Å². The lowest BCUT2D eigenvalue weighted by molar-refractivity contribution is -0.134. The quantitative estimate of drug-likeness (QED) is 0.496. The molecule has 170 valence electrons. The smallest absolute Gasteiger partial charge is 0.252 e. The van der Waals surface area contributed by atoms with Crippen LogP contribution in [0.15, 0.2) is 78.9 Å². The molecular weight excluding hydrogens is 432 g/mol. The molecule has 3 aromatic rings. The van der Waals surface area contributed by atoms with Crippen LogP contribution in [-0.4, -0.2) is 35.8 Å². The van der Waals surface area contributed by atoms with Crippen LogP contribution in [0.5, 0.6) is 0 Å². The van der Waals surface area contributed by atoms with Crippen molar-refractivity contribution in [1.29, 1.82) is 0 Å². The Labute approximate surface area is 200 Å². The highest BCUT2D eigenvalue weighted by molar-refractivity contribution is 6.30. The highest BCUT2D eigenvalue weighted by atomic mass is 35.5. The van der Waals surface area contributed by atoms with Crippen LogP contribution in [0.4, 0.5) is 0 Å². The lowest BCUT2D eigenvalue weighted by Gasteiger charge is -2.34. The van der Waals surface area contributed by atoms with Gasteiger partial charge in [-0.1, -0.05) is 79.2 Å². The molecule has 0 radical (unpaired) electrons. The lowest BCUT2D eigenvalue weighted by atomic mass is 9.89. The summed E-state index contributed by atoms with van der Waals surface area (Å²) in [4.78, 5) is 28.3. The van der Waals surface area contributed by atoms with E-state index in [2.05, 4.69) is 17.4 Å². The number of halogens is 1. The van der Waals surface area contributed by atoms with E-state index in [1.54, 1.807) is 0 Å². The second kappa shape index (κ2) is 10.7. The van der Waals surface area contributed by atoms with Crippen molar-refractivity contribution in [2.75, 3.05) is 13.1 Å². The molecule has 4 nitrogen and oxygen atoms in total. The Bertz CT molecular complexity index is 1090. The van der Waals surface area contributed by atoms with Crippen LogP contribution in [0.25, 0.3) is 11.1 Å². The summed E-state index contributed by atoms with van der Waals surface area (Å²) >= 11 is 6.01. The van der Waals surface area contributed by atoms with Crippen molar-refractivity contribution >= 4 is 23.4 Å². The molecule has 0 aromatic heterocycles. The van der Waals surface area contributed by atoms with Crippen molar-refractivity contribution in [1.82, 2.24) is 10.2 Å². The molecule has 1 aliphatic rings. The molecule has 5 heteroatoms. The number of hydrogen-bond donors (Lipinski definition) is 1. The number of hydrogen-bond acceptors (Lipinski definition) is 2. The van der Waals surface area contributed by atoms with Crippen LogP contribution >= 0.6 is 11.6 Å². The highest BCUT2D eigenvalue weighted by Crippen LogP contribution is 2.29. The third kappa shape index (κ3) is 5.45. The van der Waals surface area contributed by atoms with E-state index in [1.165, 1.54) is 5.56 Å². The molecule has 0 bridgehead atoms. The van der Waals surface area contributed by atoms with Gasteiger partial charge in [-0.2, -0.15) is 0 Å². The number of amides is 2. The number of rotatable bonds is 6. The molecule has 0 aliphatic carbocycles. The summed E-state index contributed by atoms with van der Waals surface area (Å²) in [7, 11) is 0. The van der Waals surface area contributed by atoms with Gasteiger partial charge in [0.1, 0.15) is 6.04 Å². The summed E-state index contributed by atoms with van der Waals surface area (Å²) < 4.78 is 0. The average molecular weight is 461 g/mol. The lowest BCUT2D eigenvalue weighted by Crippen LogP contribution is -2.50. The van der Waals surface area contributed by atoms with Crippen LogP contribution < -0.4 is 5.32 Å². The molecule has 3 aromatic carbocycles. The molecule has 1 aliphatic heterocycles. The average Bonchev–Trinajstić information content (AvgIpc) is 2.88. The Balaban J connectivity index is 1.41. The molecule has 0 saturated carbocycles. The molecule has 2 amide bonds. The molecule has 4 rings (SSSR count). The van der Waals surface area contributed by atoms with Gasteiger partial charge in [0.25, 0.3) is 5.91 Å². The standard InChI is InChI=1S/C28H29ClN2O2/c1-2-26(28(33)31-18-16-21(17-19-31)20-12-14-23(29)15-13-20)30-27(32)25-11-7-6-10-24(25)22-8-4-3-5-9-22/h3-15,21,26H,2,16-19H2,1H3,(H,30,32)/t26-/m1/s1. The number of piperidine rings is 1. The number of likely N-dealkylation sites (tertiary alicyclic amines) is 1. The van der Waals surface area contributed by atoms with Crippen LogP contribution in [0.1, 0.15) is 48.0 Å². The molecular formula is C28H29ClN2O2. The zero-order chi connectivity index (χ0) is 23.2. The van der Waals surface area contributed by atoms with Crippen LogP contribution in [0.3, 0.4) is 0 Å². The Kier molecular flexibility index (Phi) is 7.46. The minimum atomic E-state index is -0.534. The minimum Gasteiger partial charge on any atom is -0.341 e. The molecule has 1 heterocycles. The van der Waals surface area contributed by atoms with E-state index in [0.717, 1.165) is 29.0 Å². The Morgan fingerprint density at radius 2 is 1.58 bits per heavy atom. The summed E-state index contributed by atoms with van der Waals surface area (Å²) in [5.74, 6) is 0.210.